The number of hydrogen-bond donors (Lipinski definition) is 4. The molecule has 0 spiro atoms. The van der Waals surface area contributed by atoms with Crippen LogP contribution in [0.1, 0.15) is 12.5 Å². The molecule has 142 valence electrons. The van der Waals surface area contributed by atoms with Gasteiger partial charge in [0.15, 0.2) is 0 Å². The predicted molar refractivity (Wildman–Crippen MR) is 105 cm³/mol. The number of aromatic amines is 2. The van der Waals surface area contributed by atoms with Crippen molar-refractivity contribution in [2.45, 2.75) is 19.6 Å². The molecule has 28 heavy (non-hydrogen) atoms. The highest BCUT2D eigenvalue weighted by Crippen LogP contribution is 2.21. The molecule has 3 aromatic heterocycles. The minimum Gasteiger partial charge on any atom is -0.384 e. The van der Waals surface area contributed by atoms with Gasteiger partial charge in [0.25, 0.3) is 5.56 Å². The number of pyridine rings is 1. The van der Waals surface area contributed by atoms with E-state index in [1.54, 1.807) is 36.8 Å². The molecule has 0 saturated heterocycles. The normalized spacial score (nSPS) is 12.2. The van der Waals surface area contributed by atoms with Crippen LogP contribution in [0.2, 0.25) is 0 Å². The molecule has 8 heteroatoms. The van der Waals surface area contributed by atoms with E-state index in [0.717, 1.165) is 16.5 Å². The van der Waals surface area contributed by atoms with E-state index < -0.39 is 12.0 Å². The smallest absolute Gasteiger partial charge is 0.280 e. The number of carbonyl (C=O) groups excluding carboxylic acids is 1. The number of nitrogens with one attached hydrogen (secondary N) is 3. The van der Waals surface area contributed by atoms with Crippen LogP contribution in [0.5, 0.6) is 0 Å². The van der Waals surface area contributed by atoms with Gasteiger partial charge in [-0.15, -0.1) is 0 Å². The average Bonchev–Trinajstić information content (AvgIpc) is 3.29. The highest BCUT2D eigenvalue weighted by molar-refractivity contribution is 5.84. The van der Waals surface area contributed by atoms with Crippen LogP contribution in [0.4, 0.5) is 0 Å². The molecule has 4 N–H and O–H groups in total. The van der Waals surface area contributed by atoms with E-state index in [1.807, 2.05) is 18.2 Å². The first kappa shape index (κ1) is 17.7. The van der Waals surface area contributed by atoms with Crippen LogP contribution in [0.15, 0.2) is 59.8 Å². The van der Waals surface area contributed by atoms with E-state index in [2.05, 4.69) is 20.4 Å². The number of aliphatic hydroxyl groups excluding tert-OH is 1. The van der Waals surface area contributed by atoms with Gasteiger partial charge in [-0.05, 0) is 36.8 Å². The average molecular weight is 377 g/mol. The molecule has 1 atom stereocenters. The maximum absolute atomic E-state index is 12.9. The van der Waals surface area contributed by atoms with Crippen molar-refractivity contribution >= 4 is 16.8 Å². The quantitative estimate of drug-likeness (QED) is 0.424. The summed E-state index contributed by atoms with van der Waals surface area (Å²) in [4.78, 5) is 31.8. The van der Waals surface area contributed by atoms with Crippen molar-refractivity contribution in [3.05, 3.63) is 70.9 Å². The summed E-state index contributed by atoms with van der Waals surface area (Å²) in [6.45, 7) is 1.67. The Hall–Kier alpha value is -3.65. The maximum Gasteiger partial charge on any atom is 0.280 e. The molecule has 0 bridgehead atoms. The monoisotopic (exact) mass is 377 g/mol. The molecule has 4 rings (SSSR count). The summed E-state index contributed by atoms with van der Waals surface area (Å²) in [5.41, 5.74) is 3.41. The van der Waals surface area contributed by atoms with Gasteiger partial charge < -0.3 is 15.4 Å². The molecule has 0 aliphatic rings. The van der Waals surface area contributed by atoms with Gasteiger partial charge >= 0.3 is 0 Å². The number of benzene rings is 1. The Morgan fingerprint density at radius 1 is 1.32 bits per heavy atom. The van der Waals surface area contributed by atoms with Crippen LogP contribution in [0.3, 0.4) is 0 Å². The van der Waals surface area contributed by atoms with Crippen molar-refractivity contribution in [1.82, 2.24) is 25.1 Å². The molecule has 8 nitrogen and oxygen atoms in total. The van der Waals surface area contributed by atoms with Crippen molar-refractivity contribution in [2.75, 3.05) is 0 Å². The Bertz CT molecular complexity index is 1170. The zero-order valence-electron chi connectivity index (χ0n) is 15.1. The van der Waals surface area contributed by atoms with Gasteiger partial charge in [-0.25, -0.2) is 4.68 Å². The SMILES string of the molecule is C[C@H](O)C(=O)NCc1cccc(-n2[nH]cc(-c3cc4cnccc4[nH]3)c2=O)c1. The van der Waals surface area contributed by atoms with E-state index in [9.17, 15) is 14.7 Å². The third-order valence-corrected chi connectivity index (χ3v) is 4.50. The van der Waals surface area contributed by atoms with Gasteiger partial charge in [-0.3, -0.25) is 19.7 Å². The van der Waals surface area contributed by atoms with Gasteiger partial charge in [-0.1, -0.05) is 12.1 Å². The first-order valence-electron chi connectivity index (χ1n) is 8.81. The highest BCUT2D eigenvalue weighted by atomic mass is 16.3. The van der Waals surface area contributed by atoms with Crippen molar-refractivity contribution in [3.63, 3.8) is 0 Å². The molecule has 0 aliphatic heterocycles. The first-order chi connectivity index (χ1) is 13.5. The fourth-order valence-electron chi connectivity index (χ4n) is 3.01. The second kappa shape index (κ2) is 7.16. The van der Waals surface area contributed by atoms with Crippen LogP contribution in [-0.4, -0.2) is 36.9 Å². The molecule has 0 fully saturated rings. The number of aliphatic hydroxyl groups is 1. The molecule has 1 aromatic carbocycles. The molecule has 3 heterocycles. The van der Waals surface area contributed by atoms with Gasteiger partial charge in [0.2, 0.25) is 5.91 Å². The minimum absolute atomic E-state index is 0.190. The summed E-state index contributed by atoms with van der Waals surface area (Å²) < 4.78 is 1.44. The Morgan fingerprint density at radius 2 is 2.18 bits per heavy atom. The molecular weight excluding hydrogens is 358 g/mol. The summed E-state index contributed by atoms with van der Waals surface area (Å²) in [5, 5.41) is 15.8. The van der Waals surface area contributed by atoms with Crippen molar-refractivity contribution in [2.24, 2.45) is 0 Å². The largest absolute Gasteiger partial charge is 0.384 e. The molecule has 0 radical (unpaired) electrons. The number of amides is 1. The lowest BCUT2D eigenvalue weighted by Gasteiger charge is -2.08. The Labute approximate surface area is 159 Å². The summed E-state index contributed by atoms with van der Waals surface area (Å²) >= 11 is 0. The van der Waals surface area contributed by atoms with E-state index >= 15 is 0 Å². The summed E-state index contributed by atoms with van der Waals surface area (Å²) in [6, 6.07) is 11.0. The summed E-state index contributed by atoms with van der Waals surface area (Å²) in [6.07, 6.45) is 4.02. The van der Waals surface area contributed by atoms with Gasteiger partial charge in [0.05, 0.1) is 16.9 Å². The van der Waals surface area contributed by atoms with E-state index in [-0.39, 0.29) is 12.1 Å². The van der Waals surface area contributed by atoms with Crippen LogP contribution in [0.25, 0.3) is 27.8 Å². The molecule has 0 unspecified atom stereocenters. The standard InChI is InChI=1S/C20H19N5O3/c1-12(26)19(27)22-9-13-3-2-4-15(7-13)25-20(28)16(11-23-25)18-8-14-10-21-6-5-17(14)24-18/h2-8,10-12,23-24,26H,9H2,1H3,(H,22,27)/t12-/m0/s1. The van der Waals surface area contributed by atoms with Crippen molar-refractivity contribution in [1.29, 1.82) is 0 Å². The van der Waals surface area contributed by atoms with Gasteiger partial charge in [0.1, 0.15) is 6.10 Å². The van der Waals surface area contributed by atoms with Gasteiger partial charge in [0, 0.05) is 36.0 Å². The third kappa shape index (κ3) is 3.33. The number of carbonyl (C=O) groups is 1. The van der Waals surface area contributed by atoms with E-state index in [1.165, 1.54) is 11.6 Å². The number of nitrogens with zero attached hydrogens (tertiary/aromatic N) is 2. The molecule has 0 saturated carbocycles. The lowest BCUT2D eigenvalue weighted by molar-refractivity contribution is -0.128. The molecule has 4 aromatic rings. The van der Waals surface area contributed by atoms with Crippen LogP contribution in [0, 0.1) is 0 Å². The zero-order chi connectivity index (χ0) is 19.7. The van der Waals surface area contributed by atoms with Crippen LogP contribution < -0.4 is 10.9 Å². The third-order valence-electron chi connectivity index (χ3n) is 4.50. The lowest BCUT2D eigenvalue weighted by atomic mass is 10.2. The summed E-state index contributed by atoms with van der Waals surface area (Å²) in [7, 11) is 0. The summed E-state index contributed by atoms with van der Waals surface area (Å²) in [5.74, 6) is -0.446. The number of hydrogen-bond acceptors (Lipinski definition) is 4. The fourth-order valence-corrected chi connectivity index (χ4v) is 3.01. The minimum atomic E-state index is -1.07. The Kier molecular flexibility index (Phi) is 4.54. The van der Waals surface area contributed by atoms with Crippen molar-refractivity contribution < 1.29 is 9.90 Å². The Balaban J connectivity index is 1.63. The lowest BCUT2D eigenvalue weighted by Crippen LogP contribution is -2.32. The maximum atomic E-state index is 12.9. The second-order valence-corrected chi connectivity index (χ2v) is 6.54. The number of H-pyrrole nitrogens is 2. The van der Waals surface area contributed by atoms with Crippen LogP contribution in [-0.2, 0) is 11.3 Å². The topological polar surface area (TPSA) is 116 Å². The van der Waals surface area contributed by atoms with E-state index in [4.69, 9.17) is 0 Å². The van der Waals surface area contributed by atoms with Gasteiger partial charge in [-0.2, -0.15) is 0 Å². The number of aromatic nitrogens is 4. The molecule has 0 aliphatic carbocycles. The second-order valence-electron chi connectivity index (χ2n) is 6.54. The van der Waals surface area contributed by atoms with Crippen molar-refractivity contribution in [3.8, 4) is 16.9 Å². The zero-order valence-corrected chi connectivity index (χ0v) is 15.1. The molecular formula is C20H19N5O3. The van der Waals surface area contributed by atoms with Crippen LogP contribution >= 0.6 is 0 Å². The van der Waals surface area contributed by atoms with E-state index in [0.29, 0.717) is 16.9 Å². The first-order valence-corrected chi connectivity index (χ1v) is 8.81. The Morgan fingerprint density at radius 3 is 2.96 bits per heavy atom. The molecule has 1 amide bonds. The predicted octanol–water partition coefficient (Wildman–Crippen LogP) is 1.71. The fraction of sp³-hybridized carbons (Fsp3) is 0.150. The number of rotatable bonds is 5. The number of fused-ring (bicyclic) bond motifs is 1. The highest BCUT2D eigenvalue weighted by Gasteiger charge is 2.13.